The van der Waals surface area contributed by atoms with Crippen LogP contribution >= 0.6 is 11.3 Å². The summed E-state index contributed by atoms with van der Waals surface area (Å²) in [5.74, 6) is 0.398. The van der Waals surface area contributed by atoms with E-state index in [4.69, 9.17) is 0 Å². The first kappa shape index (κ1) is 13.3. The third kappa shape index (κ3) is 3.20. The number of nitrogens with zero attached hydrogens (tertiary/aromatic N) is 1. The third-order valence-electron chi connectivity index (χ3n) is 3.28. The van der Waals surface area contributed by atoms with E-state index in [1.807, 2.05) is 13.8 Å². The molecule has 1 aromatic rings. The molecule has 2 amide bonds. The van der Waals surface area contributed by atoms with E-state index in [1.165, 1.54) is 0 Å². The van der Waals surface area contributed by atoms with Crippen LogP contribution in [0.2, 0.25) is 0 Å². The second-order valence-electron chi connectivity index (χ2n) is 5.02. The van der Waals surface area contributed by atoms with Gasteiger partial charge in [-0.05, 0) is 32.6 Å². The molecule has 1 atom stereocenters. The number of hydrogen-bond acceptors (Lipinski definition) is 4. The molecule has 0 bridgehead atoms. The van der Waals surface area contributed by atoms with Gasteiger partial charge in [-0.15, -0.1) is 11.3 Å². The minimum absolute atomic E-state index is 0.0263. The minimum Gasteiger partial charge on any atom is -0.394 e. The average Bonchev–Trinajstić information content (AvgIpc) is 3.11. The molecule has 6 heteroatoms. The molecule has 0 spiro atoms. The van der Waals surface area contributed by atoms with Gasteiger partial charge in [0.25, 0.3) is 0 Å². The molecule has 3 N–H and O–H groups in total. The van der Waals surface area contributed by atoms with Gasteiger partial charge in [-0.25, -0.2) is 9.78 Å². The molecule has 5 nitrogen and oxygen atoms in total. The number of carbonyl (C=O) groups is 1. The monoisotopic (exact) mass is 269 g/mol. The van der Waals surface area contributed by atoms with Crippen molar-refractivity contribution >= 4 is 17.4 Å². The van der Waals surface area contributed by atoms with E-state index in [1.54, 1.807) is 17.5 Å². The highest BCUT2D eigenvalue weighted by Gasteiger charge is 2.42. The average molecular weight is 269 g/mol. The molecule has 1 fully saturated rings. The molecule has 0 aromatic carbocycles. The standard InChI is InChI=1S/C12H19N3O2S/c1-8-5-13-10(18-8)6-14-11(17)15-12(2,7-16)9-3-4-9/h5,9,16H,3-4,6-7H2,1-2H3,(H2,14,15,17). The molecule has 0 saturated heterocycles. The maximum atomic E-state index is 11.8. The van der Waals surface area contributed by atoms with Gasteiger partial charge >= 0.3 is 6.03 Å². The van der Waals surface area contributed by atoms with Crippen LogP contribution in [0.3, 0.4) is 0 Å². The summed E-state index contributed by atoms with van der Waals surface area (Å²) in [5.41, 5.74) is -0.497. The normalized spacial score (nSPS) is 18.2. The second kappa shape index (κ2) is 5.24. The molecule has 1 unspecified atom stereocenters. The molecule has 1 saturated carbocycles. The van der Waals surface area contributed by atoms with Gasteiger partial charge in [-0.2, -0.15) is 0 Å². The molecule has 100 valence electrons. The van der Waals surface area contributed by atoms with Gasteiger partial charge < -0.3 is 15.7 Å². The molecule has 2 rings (SSSR count). The van der Waals surface area contributed by atoms with Gasteiger partial charge in [0.2, 0.25) is 0 Å². The number of aryl methyl sites for hydroxylation is 1. The fraction of sp³-hybridized carbons (Fsp3) is 0.667. The number of nitrogens with one attached hydrogen (secondary N) is 2. The molecule has 0 radical (unpaired) electrons. The lowest BCUT2D eigenvalue weighted by Gasteiger charge is -2.28. The number of rotatable bonds is 5. The van der Waals surface area contributed by atoms with Crippen LogP contribution in [0.5, 0.6) is 0 Å². The van der Waals surface area contributed by atoms with E-state index in [2.05, 4.69) is 15.6 Å². The number of thiazole rings is 1. The SMILES string of the molecule is Cc1cnc(CNC(=O)NC(C)(CO)C2CC2)s1. The lowest BCUT2D eigenvalue weighted by molar-refractivity contribution is 0.155. The molecular formula is C12H19N3O2S. The van der Waals surface area contributed by atoms with E-state index in [0.29, 0.717) is 12.5 Å². The fourth-order valence-electron chi connectivity index (χ4n) is 1.93. The summed E-state index contributed by atoms with van der Waals surface area (Å²) >= 11 is 1.57. The quantitative estimate of drug-likeness (QED) is 0.756. The first-order valence-electron chi connectivity index (χ1n) is 6.11. The summed E-state index contributed by atoms with van der Waals surface area (Å²) in [5, 5.41) is 15.9. The highest BCUT2D eigenvalue weighted by atomic mass is 32.1. The van der Waals surface area contributed by atoms with Crippen molar-refractivity contribution in [1.82, 2.24) is 15.6 Å². The van der Waals surface area contributed by atoms with Crippen LogP contribution in [0.4, 0.5) is 4.79 Å². The van der Waals surface area contributed by atoms with Crippen molar-refractivity contribution < 1.29 is 9.90 Å². The van der Waals surface area contributed by atoms with Crippen LogP contribution in [0.1, 0.15) is 29.7 Å². The minimum atomic E-state index is -0.497. The third-order valence-corrected chi connectivity index (χ3v) is 4.19. The van der Waals surface area contributed by atoms with Gasteiger partial charge in [0.05, 0.1) is 18.7 Å². The van der Waals surface area contributed by atoms with Crippen molar-refractivity contribution in [3.8, 4) is 0 Å². The van der Waals surface area contributed by atoms with Gasteiger partial charge in [0, 0.05) is 11.1 Å². The number of carbonyl (C=O) groups excluding carboxylic acids is 1. The molecule has 1 aromatic heterocycles. The Balaban J connectivity index is 1.81. The Hall–Kier alpha value is -1.14. The van der Waals surface area contributed by atoms with Crippen LogP contribution in [0, 0.1) is 12.8 Å². The zero-order chi connectivity index (χ0) is 13.2. The molecule has 0 aliphatic heterocycles. The smallest absolute Gasteiger partial charge is 0.315 e. The Morgan fingerprint density at radius 2 is 2.39 bits per heavy atom. The largest absolute Gasteiger partial charge is 0.394 e. The summed E-state index contributed by atoms with van der Waals surface area (Å²) < 4.78 is 0. The van der Waals surface area contributed by atoms with Crippen LogP contribution in [-0.2, 0) is 6.54 Å². The van der Waals surface area contributed by atoms with E-state index in [9.17, 15) is 9.90 Å². The van der Waals surface area contributed by atoms with Crippen LogP contribution in [0.25, 0.3) is 0 Å². The predicted molar refractivity (Wildman–Crippen MR) is 70.4 cm³/mol. The first-order chi connectivity index (χ1) is 8.53. The Morgan fingerprint density at radius 3 is 2.89 bits per heavy atom. The highest BCUT2D eigenvalue weighted by molar-refractivity contribution is 7.11. The van der Waals surface area contributed by atoms with Gasteiger partial charge in [-0.1, -0.05) is 0 Å². The van der Waals surface area contributed by atoms with Gasteiger partial charge in [0.15, 0.2) is 0 Å². The van der Waals surface area contributed by atoms with Crippen LogP contribution in [-0.4, -0.2) is 28.3 Å². The number of aliphatic hydroxyl groups is 1. The number of aliphatic hydroxyl groups excluding tert-OH is 1. The zero-order valence-corrected chi connectivity index (χ0v) is 11.5. The lowest BCUT2D eigenvalue weighted by atomic mass is 9.97. The Labute approximate surface area is 111 Å². The molecule has 1 heterocycles. The lowest BCUT2D eigenvalue weighted by Crippen LogP contribution is -2.53. The Morgan fingerprint density at radius 1 is 1.67 bits per heavy atom. The summed E-state index contributed by atoms with van der Waals surface area (Å²) in [6.07, 6.45) is 3.94. The maximum absolute atomic E-state index is 11.8. The molecule has 1 aliphatic carbocycles. The molecular weight excluding hydrogens is 250 g/mol. The summed E-state index contributed by atoms with van der Waals surface area (Å²) in [7, 11) is 0. The van der Waals surface area contributed by atoms with Crippen molar-refractivity contribution in [2.45, 2.75) is 38.8 Å². The predicted octanol–water partition coefficient (Wildman–Crippen LogP) is 1.41. The zero-order valence-electron chi connectivity index (χ0n) is 10.7. The Bertz CT molecular complexity index is 431. The van der Waals surface area contributed by atoms with Crippen molar-refractivity contribution in [2.75, 3.05) is 6.61 Å². The summed E-state index contributed by atoms with van der Waals surface area (Å²) in [4.78, 5) is 17.1. The van der Waals surface area contributed by atoms with Crippen molar-refractivity contribution in [1.29, 1.82) is 0 Å². The summed E-state index contributed by atoms with van der Waals surface area (Å²) in [6, 6.07) is -0.244. The second-order valence-corrected chi connectivity index (χ2v) is 6.34. The van der Waals surface area contributed by atoms with E-state index in [0.717, 1.165) is 22.7 Å². The van der Waals surface area contributed by atoms with E-state index >= 15 is 0 Å². The van der Waals surface area contributed by atoms with Gasteiger partial charge in [-0.3, -0.25) is 0 Å². The van der Waals surface area contributed by atoms with Crippen LogP contribution in [0.15, 0.2) is 6.20 Å². The van der Waals surface area contributed by atoms with Crippen molar-refractivity contribution in [3.05, 3.63) is 16.1 Å². The first-order valence-corrected chi connectivity index (χ1v) is 6.93. The van der Waals surface area contributed by atoms with Crippen molar-refractivity contribution in [2.24, 2.45) is 5.92 Å². The highest BCUT2D eigenvalue weighted by Crippen LogP contribution is 2.39. The number of amides is 2. The van der Waals surface area contributed by atoms with Crippen molar-refractivity contribution in [3.63, 3.8) is 0 Å². The molecule has 18 heavy (non-hydrogen) atoms. The van der Waals surface area contributed by atoms with E-state index in [-0.39, 0.29) is 12.6 Å². The molecule has 1 aliphatic rings. The summed E-state index contributed by atoms with van der Waals surface area (Å²) in [6.45, 7) is 4.27. The van der Waals surface area contributed by atoms with Gasteiger partial charge in [0.1, 0.15) is 5.01 Å². The number of aromatic nitrogens is 1. The fourth-order valence-corrected chi connectivity index (χ4v) is 2.66. The topological polar surface area (TPSA) is 74.2 Å². The number of urea groups is 1. The Kier molecular flexibility index (Phi) is 3.87. The van der Waals surface area contributed by atoms with E-state index < -0.39 is 5.54 Å². The van der Waals surface area contributed by atoms with Crippen LogP contribution < -0.4 is 10.6 Å². The number of hydrogen-bond donors (Lipinski definition) is 3. The maximum Gasteiger partial charge on any atom is 0.315 e.